The molecule has 0 radical (unpaired) electrons. The molecule has 2 saturated heterocycles. The molecule has 1 aromatic rings. The third kappa shape index (κ3) is 3.53. The minimum absolute atomic E-state index is 0.802. The highest BCUT2D eigenvalue weighted by atomic mass is 16.5. The molecule has 0 aromatic heterocycles. The SMILES string of the molecule is Cc1cccc(OCCN2CCN3CCCCC3C2)c1. The van der Waals surface area contributed by atoms with Gasteiger partial charge in [0, 0.05) is 32.2 Å². The molecule has 0 bridgehead atoms. The zero-order chi connectivity index (χ0) is 13.8. The molecule has 2 fully saturated rings. The van der Waals surface area contributed by atoms with Crippen LogP contribution in [0.1, 0.15) is 24.8 Å². The highest BCUT2D eigenvalue weighted by Gasteiger charge is 2.28. The predicted octanol–water partition coefficient (Wildman–Crippen LogP) is 2.54. The van der Waals surface area contributed by atoms with Crippen LogP contribution >= 0.6 is 0 Å². The summed E-state index contributed by atoms with van der Waals surface area (Å²) < 4.78 is 5.87. The second-order valence-electron chi connectivity index (χ2n) is 6.15. The van der Waals surface area contributed by atoms with E-state index in [1.807, 2.05) is 6.07 Å². The number of nitrogens with zero attached hydrogens (tertiary/aromatic N) is 2. The maximum absolute atomic E-state index is 5.87. The van der Waals surface area contributed by atoms with Crippen molar-refractivity contribution in [1.82, 2.24) is 9.80 Å². The van der Waals surface area contributed by atoms with Crippen LogP contribution in [0.4, 0.5) is 0 Å². The van der Waals surface area contributed by atoms with Gasteiger partial charge in [0.2, 0.25) is 0 Å². The number of rotatable bonds is 4. The smallest absolute Gasteiger partial charge is 0.119 e. The Kier molecular flexibility index (Phi) is 4.58. The predicted molar refractivity (Wildman–Crippen MR) is 82.3 cm³/mol. The molecule has 1 unspecified atom stereocenters. The van der Waals surface area contributed by atoms with Crippen molar-refractivity contribution >= 4 is 0 Å². The van der Waals surface area contributed by atoms with E-state index in [-0.39, 0.29) is 0 Å². The average molecular weight is 274 g/mol. The molecule has 3 nitrogen and oxygen atoms in total. The van der Waals surface area contributed by atoms with Gasteiger partial charge in [-0.15, -0.1) is 0 Å². The van der Waals surface area contributed by atoms with E-state index in [0.717, 1.165) is 24.9 Å². The van der Waals surface area contributed by atoms with E-state index in [1.165, 1.54) is 51.0 Å². The highest BCUT2D eigenvalue weighted by Crippen LogP contribution is 2.21. The molecule has 2 aliphatic heterocycles. The second kappa shape index (κ2) is 6.59. The Morgan fingerprint density at radius 3 is 3.05 bits per heavy atom. The molecule has 0 amide bonds. The summed E-state index contributed by atoms with van der Waals surface area (Å²) in [5, 5.41) is 0. The number of ether oxygens (including phenoxy) is 1. The number of aryl methyl sites for hydroxylation is 1. The summed E-state index contributed by atoms with van der Waals surface area (Å²) in [5.74, 6) is 1.00. The van der Waals surface area contributed by atoms with Crippen LogP contribution < -0.4 is 4.74 Å². The molecule has 3 rings (SSSR count). The van der Waals surface area contributed by atoms with Crippen LogP contribution in [-0.4, -0.2) is 55.2 Å². The van der Waals surface area contributed by atoms with Crippen LogP contribution in [-0.2, 0) is 0 Å². The van der Waals surface area contributed by atoms with E-state index in [9.17, 15) is 0 Å². The number of piperidine rings is 1. The van der Waals surface area contributed by atoms with Gasteiger partial charge in [-0.1, -0.05) is 18.6 Å². The number of hydrogen-bond donors (Lipinski definition) is 0. The average Bonchev–Trinajstić information content (AvgIpc) is 2.47. The maximum Gasteiger partial charge on any atom is 0.119 e. The van der Waals surface area contributed by atoms with Gasteiger partial charge in [0.15, 0.2) is 0 Å². The van der Waals surface area contributed by atoms with Gasteiger partial charge in [-0.2, -0.15) is 0 Å². The summed E-state index contributed by atoms with van der Waals surface area (Å²) in [5.41, 5.74) is 1.26. The van der Waals surface area contributed by atoms with Gasteiger partial charge in [-0.25, -0.2) is 0 Å². The van der Waals surface area contributed by atoms with Gasteiger partial charge in [0.25, 0.3) is 0 Å². The van der Waals surface area contributed by atoms with Crippen molar-refractivity contribution in [3.05, 3.63) is 29.8 Å². The quantitative estimate of drug-likeness (QED) is 0.839. The molecule has 0 N–H and O–H groups in total. The van der Waals surface area contributed by atoms with Crippen LogP contribution in [0.2, 0.25) is 0 Å². The highest BCUT2D eigenvalue weighted by molar-refractivity contribution is 5.27. The Bertz CT molecular complexity index is 435. The summed E-state index contributed by atoms with van der Waals surface area (Å²) in [6.45, 7) is 8.96. The molecule has 0 saturated carbocycles. The number of piperazine rings is 1. The summed E-state index contributed by atoms with van der Waals surface area (Å²) in [6, 6.07) is 9.13. The van der Waals surface area contributed by atoms with Crippen LogP contribution in [0.25, 0.3) is 0 Å². The van der Waals surface area contributed by atoms with Crippen LogP contribution in [0.15, 0.2) is 24.3 Å². The number of fused-ring (bicyclic) bond motifs is 1. The fraction of sp³-hybridized carbons (Fsp3) is 0.647. The lowest BCUT2D eigenvalue weighted by Crippen LogP contribution is -2.55. The molecule has 2 aliphatic rings. The number of hydrogen-bond acceptors (Lipinski definition) is 3. The van der Waals surface area contributed by atoms with E-state index in [4.69, 9.17) is 4.74 Å². The van der Waals surface area contributed by atoms with E-state index >= 15 is 0 Å². The first kappa shape index (κ1) is 13.9. The zero-order valence-electron chi connectivity index (χ0n) is 12.6. The molecule has 3 heteroatoms. The van der Waals surface area contributed by atoms with Crippen LogP contribution in [0, 0.1) is 6.92 Å². The molecule has 0 spiro atoms. The standard InChI is InChI=1S/C17H26N2O/c1-15-5-4-7-17(13-15)20-12-11-18-9-10-19-8-3-2-6-16(19)14-18/h4-5,7,13,16H,2-3,6,8-12,14H2,1H3. The van der Waals surface area contributed by atoms with Crippen LogP contribution in [0.5, 0.6) is 5.75 Å². The van der Waals surface area contributed by atoms with Crippen molar-refractivity contribution in [3.8, 4) is 5.75 Å². The summed E-state index contributed by atoms with van der Waals surface area (Å²) in [7, 11) is 0. The van der Waals surface area contributed by atoms with Crippen molar-refractivity contribution in [3.63, 3.8) is 0 Å². The van der Waals surface area contributed by atoms with Crippen LogP contribution in [0.3, 0.4) is 0 Å². The minimum Gasteiger partial charge on any atom is -0.492 e. The van der Waals surface area contributed by atoms with E-state index in [0.29, 0.717) is 0 Å². The Morgan fingerprint density at radius 1 is 1.20 bits per heavy atom. The van der Waals surface area contributed by atoms with Gasteiger partial charge >= 0.3 is 0 Å². The van der Waals surface area contributed by atoms with E-state index in [2.05, 4.69) is 34.9 Å². The summed E-state index contributed by atoms with van der Waals surface area (Å²) >= 11 is 0. The third-order valence-electron chi connectivity index (χ3n) is 4.59. The fourth-order valence-electron chi connectivity index (χ4n) is 3.42. The zero-order valence-corrected chi connectivity index (χ0v) is 12.6. The second-order valence-corrected chi connectivity index (χ2v) is 6.15. The molecule has 0 aliphatic carbocycles. The summed E-state index contributed by atoms with van der Waals surface area (Å²) in [6.07, 6.45) is 4.19. The minimum atomic E-state index is 0.802. The topological polar surface area (TPSA) is 15.7 Å². The lowest BCUT2D eigenvalue weighted by Gasteiger charge is -2.44. The van der Waals surface area contributed by atoms with Gasteiger partial charge in [0.05, 0.1) is 0 Å². The van der Waals surface area contributed by atoms with Gasteiger partial charge in [-0.3, -0.25) is 9.80 Å². The molecular weight excluding hydrogens is 248 g/mol. The van der Waals surface area contributed by atoms with Gasteiger partial charge in [-0.05, 0) is 44.0 Å². The first-order valence-electron chi connectivity index (χ1n) is 7.97. The Labute approximate surface area is 122 Å². The third-order valence-corrected chi connectivity index (χ3v) is 4.59. The normalized spacial score (nSPS) is 24.4. The molecule has 1 atom stereocenters. The Balaban J connectivity index is 1.42. The molecular formula is C17H26N2O. The van der Waals surface area contributed by atoms with Crippen molar-refractivity contribution < 1.29 is 4.74 Å². The van der Waals surface area contributed by atoms with Gasteiger partial charge in [0.1, 0.15) is 12.4 Å². The van der Waals surface area contributed by atoms with Crippen molar-refractivity contribution in [2.24, 2.45) is 0 Å². The first-order valence-corrected chi connectivity index (χ1v) is 7.97. The monoisotopic (exact) mass is 274 g/mol. The molecule has 1 aromatic carbocycles. The van der Waals surface area contributed by atoms with Crippen molar-refractivity contribution in [1.29, 1.82) is 0 Å². The number of benzene rings is 1. The molecule has 20 heavy (non-hydrogen) atoms. The Hall–Kier alpha value is -1.06. The van der Waals surface area contributed by atoms with E-state index < -0.39 is 0 Å². The fourth-order valence-corrected chi connectivity index (χ4v) is 3.42. The van der Waals surface area contributed by atoms with Crippen molar-refractivity contribution in [2.75, 3.05) is 39.3 Å². The van der Waals surface area contributed by atoms with Gasteiger partial charge < -0.3 is 4.74 Å². The molecule has 2 heterocycles. The Morgan fingerprint density at radius 2 is 2.15 bits per heavy atom. The maximum atomic E-state index is 5.87. The summed E-state index contributed by atoms with van der Waals surface area (Å²) in [4.78, 5) is 5.25. The largest absolute Gasteiger partial charge is 0.492 e. The lowest BCUT2D eigenvalue weighted by atomic mass is 9.99. The van der Waals surface area contributed by atoms with E-state index in [1.54, 1.807) is 0 Å². The first-order chi connectivity index (χ1) is 9.81. The van der Waals surface area contributed by atoms with Crippen molar-refractivity contribution in [2.45, 2.75) is 32.2 Å². The molecule has 110 valence electrons. The lowest BCUT2D eigenvalue weighted by molar-refractivity contribution is 0.0432.